The number of fused-ring (bicyclic) bond motifs is 1. The van der Waals surface area contributed by atoms with Gasteiger partial charge in [-0.25, -0.2) is 9.97 Å². The molecule has 0 aliphatic carbocycles. The summed E-state index contributed by atoms with van der Waals surface area (Å²) in [6.45, 7) is 2.07. The van der Waals surface area contributed by atoms with Crippen molar-refractivity contribution in [1.29, 1.82) is 0 Å². The molecule has 1 fully saturated rings. The third-order valence-electron chi connectivity index (χ3n) is 4.99. The number of nitrogens with one attached hydrogen (secondary N) is 2. The number of imidazole rings is 1. The quantitative estimate of drug-likeness (QED) is 0.426. The summed E-state index contributed by atoms with van der Waals surface area (Å²) in [5, 5.41) is 2.95. The molecule has 0 unspecified atom stereocenters. The van der Waals surface area contributed by atoms with Crippen LogP contribution in [0.4, 0.5) is 11.5 Å². The Hall–Kier alpha value is -2.71. The molecule has 4 aromatic rings. The second-order valence-electron chi connectivity index (χ2n) is 6.97. The summed E-state index contributed by atoms with van der Waals surface area (Å²) in [4.78, 5) is 28.3. The average Bonchev–Trinajstić information content (AvgIpc) is 3.48. The number of carbonyl (C=O) groups is 1. The molecule has 146 valence electrons. The van der Waals surface area contributed by atoms with Crippen LogP contribution in [-0.2, 0) is 0 Å². The summed E-state index contributed by atoms with van der Waals surface area (Å²) >= 11 is 5.10. The number of hydrogen-bond donors (Lipinski definition) is 2. The van der Waals surface area contributed by atoms with Crippen LogP contribution in [0.15, 0.2) is 52.4 Å². The van der Waals surface area contributed by atoms with Gasteiger partial charge < -0.3 is 15.2 Å². The topological polar surface area (TPSA) is 73.9 Å². The van der Waals surface area contributed by atoms with E-state index in [1.54, 1.807) is 17.5 Å². The molecule has 0 radical (unpaired) electrons. The van der Waals surface area contributed by atoms with Gasteiger partial charge in [-0.05, 0) is 71.2 Å². The predicted molar refractivity (Wildman–Crippen MR) is 121 cm³/mol. The monoisotopic (exact) mass is 467 g/mol. The number of halogens is 1. The Morgan fingerprint density at radius 3 is 2.72 bits per heavy atom. The molecule has 8 heteroatoms. The summed E-state index contributed by atoms with van der Waals surface area (Å²) in [6, 6.07) is 13.4. The van der Waals surface area contributed by atoms with E-state index in [0.717, 1.165) is 44.4 Å². The number of H-pyrrole nitrogens is 1. The normalized spacial score (nSPS) is 13.9. The van der Waals surface area contributed by atoms with Crippen LogP contribution in [0.1, 0.15) is 23.2 Å². The van der Waals surface area contributed by atoms with E-state index in [4.69, 9.17) is 0 Å². The lowest BCUT2D eigenvalue weighted by Gasteiger charge is -2.16. The van der Waals surface area contributed by atoms with E-state index in [2.05, 4.69) is 41.1 Å². The summed E-state index contributed by atoms with van der Waals surface area (Å²) in [5.41, 5.74) is 3.00. The first-order valence-corrected chi connectivity index (χ1v) is 11.0. The van der Waals surface area contributed by atoms with Gasteiger partial charge in [0.25, 0.3) is 5.91 Å². The molecule has 0 atom stereocenters. The molecule has 5 rings (SSSR count). The maximum Gasteiger partial charge on any atom is 0.257 e. The third-order valence-corrected chi connectivity index (χ3v) is 6.62. The second kappa shape index (κ2) is 7.61. The standard InChI is InChI=1S/C21H18BrN5OS/c22-18-7-6-17(29-18)20-25-15-5-4-14(11-16(15)26-20)24-21(28)13-3-8-19(23-12-13)27-9-1-2-10-27/h3-8,11-12H,1-2,9-10H2,(H,24,28)(H,25,26). The smallest absolute Gasteiger partial charge is 0.257 e. The minimum Gasteiger partial charge on any atom is -0.357 e. The lowest BCUT2D eigenvalue weighted by atomic mass is 10.2. The third kappa shape index (κ3) is 3.77. The highest BCUT2D eigenvalue weighted by Crippen LogP contribution is 2.31. The fraction of sp³-hybridized carbons (Fsp3) is 0.190. The molecule has 1 aliphatic heterocycles. The summed E-state index contributed by atoms with van der Waals surface area (Å²) in [6.07, 6.45) is 4.04. The lowest BCUT2D eigenvalue weighted by molar-refractivity contribution is 0.102. The molecule has 1 aliphatic rings. The van der Waals surface area contributed by atoms with Crippen LogP contribution in [0.25, 0.3) is 21.7 Å². The van der Waals surface area contributed by atoms with Gasteiger partial charge in [0.1, 0.15) is 11.6 Å². The van der Waals surface area contributed by atoms with Gasteiger partial charge in [0.15, 0.2) is 0 Å². The van der Waals surface area contributed by atoms with Gasteiger partial charge in [0, 0.05) is 25.0 Å². The molecular weight excluding hydrogens is 450 g/mol. The lowest BCUT2D eigenvalue weighted by Crippen LogP contribution is -2.19. The number of benzene rings is 1. The Morgan fingerprint density at radius 2 is 2.00 bits per heavy atom. The number of rotatable bonds is 4. The van der Waals surface area contributed by atoms with Crippen LogP contribution in [-0.4, -0.2) is 33.9 Å². The fourth-order valence-corrected chi connectivity index (χ4v) is 4.83. The van der Waals surface area contributed by atoms with Crippen molar-refractivity contribution >= 4 is 55.7 Å². The zero-order chi connectivity index (χ0) is 19.8. The highest BCUT2D eigenvalue weighted by molar-refractivity contribution is 9.11. The number of carbonyl (C=O) groups excluding carboxylic acids is 1. The minimum absolute atomic E-state index is 0.174. The van der Waals surface area contributed by atoms with Crippen molar-refractivity contribution in [2.45, 2.75) is 12.8 Å². The van der Waals surface area contributed by atoms with E-state index in [0.29, 0.717) is 11.3 Å². The van der Waals surface area contributed by atoms with Gasteiger partial charge in [-0.3, -0.25) is 4.79 Å². The first-order chi connectivity index (χ1) is 14.2. The highest BCUT2D eigenvalue weighted by atomic mass is 79.9. The maximum absolute atomic E-state index is 12.6. The van der Waals surface area contributed by atoms with Crippen LogP contribution in [0.5, 0.6) is 0 Å². The van der Waals surface area contributed by atoms with E-state index in [-0.39, 0.29) is 5.91 Å². The predicted octanol–water partition coefficient (Wildman–Crippen LogP) is 5.30. The van der Waals surface area contributed by atoms with Crippen molar-refractivity contribution in [2.24, 2.45) is 0 Å². The van der Waals surface area contributed by atoms with Crippen molar-refractivity contribution in [1.82, 2.24) is 15.0 Å². The van der Waals surface area contributed by atoms with E-state index >= 15 is 0 Å². The summed E-state index contributed by atoms with van der Waals surface area (Å²) in [5.74, 6) is 1.58. The number of anilines is 2. The molecule has 2 N–H and O–H groups in total. The first-order valence-electron chi connectivity index (χ1n) is 9.43. The molecule has 0 bridgehead atoms. The fourth-order valence-electron chi connectivity index (χ4n) is 3.50. The zero-order valence-corrected chi connectivity index (χ0v) is 17.9. The number of hydrogen-bond acceptors (Lipinski definition) is 5. The second-order valence-corrected chi connectivity index (χ2v) is 9.44. The SMILES string of the molecule is O=C(Nc1ccc2nc(-c3ccc(Br)s3)[nH]c2c1)c1ccc(N2CCCC2)nc1. The Kier molecular flexibility index (Phi) is 4.81. The molecule has 4 heterocycles. The van der Waals surface area contributed by atoms with Gasteiger partial charge in [-0.15, -0.1) is 11.3 Å². The Morgan fingerprint density at radius 1 is 1.14 bits per heavy atom. The van der Waals surface area contributed by atoms with Crippen molar-refractivity contribution in [3.63, 3.8) is 0 Å². The van der Waals surface area contributed by atoms with Gasteiger partial charge >= 0.3 is 0 Å². The van der Waals surface area contributed by atoms with E-state index < -0.39 is 0 Å². The Bertz CT molecular complexity index is 1180. The van der Waals surface area contributed by atoms with Crippen LogP contribution >= 0.6 is 27.3 Å². The van der Waals surface area contributed by atoms with E-state index in [9.17, 15) is 4.79 Å². The van der Waals surface area contributed by atoms with E-state index in [1.165, 1.54) is 12.8 Å². The van der Waals surface area contributed by atoms with Gasteiger partial charge in [-0.1, -0.05) is 0 Å². The Labute approximate surface area is 180 Å². The molecule has 29 heavy (non-hydrogen) atoms. The average molecular weight is 468 g/mol. The van der Waals surface area contributed by atoms with Crippen LogP contribution < -0.4 is 10.2 Å². The number of pyridine rings is 1. The van der Waals surface area contributed by atoms with Crippen molar-refractivity contribution in [3.05, 3.63) is 58.0 Å². The number of thiophene rings is 1. The largest absolute Gasteiger partial charge is 0.357 e. The van der Waals surface area contributed by atoms with E-state index in [1.807, 2.05) is 42.5 Å². The zero-order valence-electron chi connectivity index (χ0n) is 15.5. The summed E-state index contributed by atoms with van der Waals surface area (Å²) in [7, 11) is 0. The maximum atomic E-state index is 12.6. The number of aromatic nitrogens is 3. The highest BCUT2D eigenvalue weighted by Gasteiger charge is 2.15. The molecule has 0 saturated carbocycles. The molecule has 6 nitrogen and oxygen atoms in total. The molecule has 1 aromatic carbocycles. The van der Waals surface area contributed by atoms with Gasteiger partial charge in [0.05, 0.1) is 25.3 Å². The molecular formula is C21H18BrN5OS. The molecule has 3 aromatic heterocycles. The van der Waals surface area contributed by atoms with Gasteiger partial charge in [-0.2, -0.15) is 0 Å². The van der Waals surface area contributed by atoms with Crippen LogP contribution in [0, 0.1) is 0 Å². The molecule has 0 spiro atoms. The number of nitrogens with zero attached hydrogens (tertiary/aromatic N) is 3. The van der Waals surface area contributed by atoms with Crippen molar-refractivity contribution in [2.75, 3.05) is 23.3 Å². The molecule has 1 amide bonds. The Balaban J connectivity index is 1.33. The minimum atomic E-state index is -0.174. The summed E-state index contributed by atoms with van der Waals surface area (Å²) < 4.78 is 1.06. The van der Waals surface area contributed by atoms with Crippen molar-refractivity contribution in [3.8, 4) is 10.7 Å². The number of amides is 1. The van der Waals surface area contributed by atoms with Gasteiger partial charge in [0.2, 0.25) is 0 Å². The first kappa shape index (κ1) is 18.3. The number of aromatic amines is 1. The molecule has 1 saturated heterocycles. The van der Waals surface area contributed by atoms with Crippen LogP contribution in [0.3, 0.4) is 0 Å². The van der Waals surface area contributed by atoms with Crippen molar-refractivity contribution < 1.29 is 4.79 Å². The van der Waals surface area contributed by atoms with Crippen LogP contribution in [0.2, 0.25) is 0 Å².